The van der Waals surface area contributed by atoms with Crippen molar-refractivity contribution in [2.45, 2.75) is 55.6 Å². The first-order valence-corrected chi connectivity index (χ1v) is 17.9. The minimum absolute atomic E-state index is 0.0801. The molecule has 0 bridgehead atoms. The van der Waals surface area contributed by atoms with Crippen molar-refractivity contribution < 1.29 is 61.8 Å². The van der Waals surface area contributed by atoms with Gasteiger partial charge < -0.3 is 43.6 Å². The molecular weight excluding hydrogens is 666 g/mol. The molecule has 7 atom stereocenters. The van der Waals surface area contributed by atoms with Crippen molar-refractivity contribution in [1.82, 2.24) is 0 Å². The van der Waals surface area contributed by atoms with E-state index < -0.39 is 71.2 Å². The lowest BCUT2D eigenvalue weighted by Crippen LogP contribution is -2.46. The molecule has 1 aliphatic rings. The summed E-state index contributed by atoms with van der Waals surface area (Å²) < 4.78 is 62.0. The van der Waals surface area contributed by atoms with Gasteiger partial charge in [-0.3, -0.25) is 9.05 Å². The molecule has 0 aliphatic heterocycles. The zero-order chi connectivity index (χ0) is 34.1. The van der Waals surface area contributed by atoms with Crippen molar-refractivity contribution >= 4 is 15.6 Å². The van der Waals surface area contributed by atoms with Gasteiger partial charge in [-0.05, 0) is 48.5 Å². The Labute approximate surface area is 277 Å². The molecule has 0 amide bonds. The Balaban J connectivity index is 1.41. The van der Waals surface area contributed by atoms with Crippen LogP contribution in [0.25, 0.3) is 0 Å². The van der Waals surface area contributed by atoms with Gasteiger partial charge in [0.05, 0.1) is 12.2 Å². The average molecular weight is 703 g/mol. The molecule has 1 saturated carbocycles. The second-order valence-corrected chi connectivity index (χ2v) is 13.8. The van der Waals surface area contributed by atoms with Gasteiger partial charge in [-0.25, -0.2) is 9.13 Å². The maximum atomic E-state index is 14.1. The van der Waals surface area contributed by atoms with Crippen molar-refractivity contribution in [2.75, 3.05) is 0 Å². The van der Waals surface area contributed by atoms with E-state index in [0.717, 1.165) is 0 Å². The zero-order valence-corrected chi connectivity index (χ0v) is 27.2. The first kappa shape index (κ1) is 35.6. The Morgan fingerprint density at radius 1 is 0.417 bits per heavy atom. The van der Waals surface area contributed by atoms with Crippen molar-refractivity contribution in [3.05, 3.63) is 121 Å². The summed E-state index contributed by atoms with van der Waals surface area (Å²) in [6.07, 6.45) is -14.4. The molecule has 1 fully saturated rings. The van der Waals surface area contributed by atoms with E-state index in [1.807, 2.05) is 0 Å². The van der Waals surface area contributed by atoms with E-state index in [1.54, 1.807) is 72.8 Å². The van der Waals surface area contributed by atoms with Crippen molar-refractivity contribution in [1.29, 1.82) is 0 Å². The first-order chi connectivity index (χ1) is 23.0. The number of rotatable bonds is 12. The number of phosphoric ester groups is 2. The van der Waals surface area contributed by atoms with Gasteiger partial charge in [0, 0.05) is 12.8 Å². The number of para-hydroxylation sites is 4. The van der Waals surface area contributed by atoms with Gasteiger partial charge in [0.15, 0.2) is 0 Å². The van der Waals surface area contributed by atoms with Crippen LogP contribution in [0.1, 0.15) is 12.8 Å². The molecule has 4 aromatic rings. The summed E-state index contributed by atoms with van der Waals surface area (Å²) >= 11 is 0. The van der Waals surface area contributed by atoms with Crippen LogP contribution in [0.4, 0.5) is 0 Å². The third-order valence-corrected chi connectivity index (χ3v) is 10.0. The minimum atomic E-state index is -4.70. The molecule has 5 N–H and O–H groups in total. The predicted octanol–water partition coefficient (Wildman–Crippen LogP) is 4.89. The SMILES string of the molecule is O=P(Oc1ccccc1)(Oc1ccccc1)OC1CC(O)C(O)C(O)C(OP(=O)(Oc2ccccc2)Oc2ccccc2)CC(O)C1O. The Bertz CT molecular complexity index is 1560. The Kier molecular flexibility index (Phi) is 11.9. The van der Waals surface area contributed by atoms with Gasteiger partial charge in [-0.15, -0.1) is 0 Å². The topological polar surface area (TPSA) is 191 Å². The first-order valence-electron chi connectivity index (χ1n) is 15.0. The molecule has 0 heterocycles. The molecule has 13 nitrogen and oxygen atoms in total. The molecule has 0 aromatic heterocycles. The third-order valence-electron chi connectivity index (χ3n) is 7.22. The van der Waals surface area contributed by atoms with Crippen molar-refractivity contribution in [3.63, 3.8) is 0 Å². The highest BCUT2D eigenvalue weighted by Gasteiger charge is 2.48. The van der Waals surface area contributed by atoms with Crippen LogP contribution in [-0.4, -0.2) is 68.3 Å². The molecule has 256 valence electrons. The van der Waals surface area contributed by atoms with E-state index in [-0.39, 0.29) is 23.0 Å². The van der Waals surface area contributed by atoms with Crippen molar-refractivity contribution in [2.24, 2.45) is 0 Å². The molecule has 0 radical (unpaired) electrons. The molecule has 15 heteroatoms. The van der Waals surface area contributed by atoms with Gasteiger partial charge in [-0.2, -0.15) is 0 Å². The average Bonchev–Trinajstić information content (AvgIpc) is 3.09. The second-order valence-electron chi connectivity index (χ2n) is 10.9. The summed E-state index contributed by atoms with van der Waals surface area (Å²) in [6.45, 7) is 0. The number of aliphatic hydroxyl groups is 5. The van der Waals surface area contributed by atoms with Crippen LogP contribution >= 0.6 is 15.6 Å². The van der Waals surface area contributed by atoms with Crippen LogP contribution in [0.3, 0.4) is 0 Å². The Morgan fingerprint density at radius 2 is 0.688 bits per heavy atom. The highest BCUT2D eigenvalue weighted by molar-refractivity contribution is 7.49. The van der Waals surface area contributed by atoms with Crippen LogP contribution in [0.15, 0.2) is 121 Å². The summed E-state index contributed by atoms with van der Waals surface area (Å²) in [5.74, 6) is 0.340. The fourth-order valence-electron chi connectivity index (χ4n) is 4.84. The number of benzene rings is 4. The van der Waals surface area contributed by atoms with Crippen LogP contribution < -0.4 is 18.1 Å². The summed E-state index contributed by atoms with van der Waals surface area (Å²) in [5, 5.41) is 55.5. The van der Waals surface area contributed by atoms with Gasteiger partial charge in [0.1, 0.15) is 53.5 Å². The lowest BCUT2D eigenvalue weighted by Gasteiger charge is -2.31. The van der Waals surface area contributed by atoms with E-state index in [0.29, 0.717) is 0 Å². The summed E-state index contributed by atoms with van der Waals surface area (Å²) in [6, 6.07) is 31.6. The largest absolute Gasteiger partial charge is 0.587 e. The molecule has 0 saturated heterocycles. The van der Waals surface area contributed by atoms with Gasteiger partial charge in [-0.1, -0.05) is 72.8 Å². The van der Waals surface area contributed by atoms with E-state index in [2.05, 4.69) is 0 Å². The van der Waals surface area contributed by atoms with Gasteiger partial charge in [0.25, 0.3) is 0 Å². The number of hydrogen-bond donors (Lipinski definition) is 5. The highest BCUT2D eigenvalue weighted by Crippen LogP contribution is 2.53. The summed E-state index contributed by atoms with van der Waals surface area (Å²) in [5.41, 5.74) is 0. The third kappa shape index (κ3) is 9.67. The maximum Gasteiger partial charge on any atom is 0.587 e. The number of phosphoric acid groups is 2. The Hall–Kier alpha value is -3.74. The maximum absolute atomic E-state index is 14.1. The van der Waals surface area contributed by atoms with Crippen molar-refractivity contribution in [3.8, 4) is 23.0 Å². The van der Waals surface area contributed by atoms with E-state index in [9.17, 15) is 34.7 Å². The van der Waals surface area contributed by atoms with E-state index >= 15 is 0 Å². The molecule has 7 unspecified atom stereocenters. The lowest BCUT2D eigenvalue weighted by molar-refractivity contribution is -0.108. The fourth-order valence-corrected chi connectivity index (χ4v) is 7.69. The Morgan fingerprint density at radius 3 is 1.00 bits per heavy atom. The monoisotopic (exact) mass is 702 g/mol. The van der Waals surface area contributed by atoms with Crippen LogP contribution in [-0.2, 0) is 18.2 Å². The van der Waals surface area contributed by atoms with Crippen LogP contribution in [0.2, 0.25) is 0 Å². The number of hydrogen-bond acceptors (Lipinski definition) is 13. The van der Waals surface area contributed by atoms with Gasteiger partial charge >= 0.3 is 15.6 Å². The molecule has 0 spiro atoms. The normalized spacial score (nSPS) is 25.1. The minimum Gasteiger partial charge on any atom is -0.395 e. The molecular formula is C33H36O13P2. The second kappa shape index (κ2) is 16.1. The predicted molar refractivity (Wildman–Crippen MR) is 173 cm³/mol. The molecule has 4 aromatic carbocycles. The standard InChI is InChI=1S/C33H36O13P2/c34-27-21-30(46-48(40,43-25-17-9-3-10-18-25)44-26-19-11-4-12-20-26)33(38)32(37)28(35)22-29(31(27)36)45-47(39,41-23-13-5-1-6-14-23)42-24-15-7-2-8-16-24/h1-20,27-38H,21-22H2. The lowest BCUT2D eigenvalue weighted by atomic mass is 9.99. The van der Waals surface area contributed by atoms with Gasteiger partial charge in [0.2, 0.25) is 0 Å². The quantitative estimate of drug-likeness (QED) is 0.126. The van der Waals surface area contributed by atoms with Crippen LogP contribution in [0.5, 0.6) is 23.0 Å². The molecule has 1 aliphatic carbocycles. The zero-order valence-electron chi connectivity index (χ0n) is 25.4. The smallest absolute Gasteiger partial charge is 0.395 e. The summed E-state index contributed by atoms with van der Waals surface area (Å²) in [4.78, 5) is 0. The van der Waals surface area contributed by atoms with E-state index in [4.69, 9.17) is 27.1 Å². The summed E-state index contributed by atoms with van der Waals surface area (Å²) in [7, 11) is -9.37. The number of aliphatic hydroxyl groups excluding tert-OH is 5. The molecule has 48 heavy (non-hydrogen) atoms. The molecule has 5 rings (SSSR count). The fraction of sp³-hybridized carbons (Fsp3) is 0.273. The van der Waals surface area contributed by atoms with E-state index in [1.165, 1.54) is 48.5 Å². The van der Waals surface area contributed by atoms with Crippen LogP contribution in [0, 0.1) is 0 Å². The highest BCUT2D eigenvalue weighted by atomic mass is 31.2.